The maximum Gasteiger partial charge on any atom is 2.00 e. The predicted octanol–water partition coefficient (Wildman–Crippen LogP) is 7.56. The molecule has 4 rings (SSSR count). The molecule has 0 saturated carbocycles. The molecule has 275 valence electrons. The van der Waals surface area contributed by atoms with Crippen LogP contribution in [0, 0.1) is 11.8 Å². The Hall–Kier alpha value is -4.47. The van der Waals surface area contributed by atoms with Gasteiger partial charge in [0.1, 0.15) is 11.5 Å². The second kappa shape index (κ2) is 22.4. The molecule has 0 aromatic heterocycles. The fourth-order valence-corrected chi connectivity index (χ4v) is 5.30. The molecule has 0 atom stereocenters. The molecule has 1 radical (unpaired) electrons. The van der Waals surface area contributed by atoms with Gasteiger partial charge in [-0.3, -0.25) is 9.98 Å². The summed E-state index contributed by atoms with van der Waals surface area (Å²) >= 11 is 0. The Kier molecular flexibility index (Phi) is 19.5. The number of carbonyl (C=O) groups excluding carboxylic acids is 2. The molecule has 2 N–H and O–H groups in total. The van der Waals surface area contributed by atoms with E-state index in [1.165, 1.54) is 11.1 Å². The van der Waals surface area contributed by atoms with Gasteiger partial charge in [-0.25, -0.2) is 0 Å². The van der Waals surface area contributed by atoms with Crippen LogP contribution < -0.4 is 10.2 Å². The third-order valence-electron chi connectivity index (χ3n) is 7.88. The summed E-state index contributed by atoms with van der Waals surface area (Å²) in [7, 11) is 0. The van der Waals surface area contributed by atoms with E-state index in [4.69, 9.17) is 29.8 Å². The monoisotopic (exact) mass is 739 g/mol. The van der Waals surface area contributed by atoms with Gasteiger partial charge in [0.25, 0.3) is 0 Å². The predicted molar refractivity (Wildman–Crippen MR) is 201 cm³/mol. The summed E-state index contributed by atoms with van der Waals surface area (Å²) in [6, 6.07) is 20.4. The molecule has 51 heavy (non-hydrogen) atoms. The second-order valence-electron chi connectivity index (χ2n) is 13.1. The molecule has 9 heteroatoms. The number of aliphatic imine (C=N–C) groups is 2. The van der Waals surface area contributed by atoms with Crippen molar-refractivity contribution in [2.75, 3.05) is 0 Å². The smallest absolute Gasteiger partial charge is 0.550 e. The van der Waals surface area contributed by atoms with Crippen molar-refractivity contribution in [3.05, 3.63) is 94.0 Å². The summed E-state index contributed by atoms with van der Waals surface area (Å²) in [6.07, 6.45) is 9.24. The van der Waals surface area contributed by atoms with Gasteiger partial charge in [0.15, 0.2) is 0 Å². The Labute approximate surface area is 313 Å². The van der Waals surface area contributed by atoms with Crippen LogP contribution in [0.5, 0.6) is 11.5 Å². The number of carboxylic acid groups (broad SMARTS) is 2. The zero-order valence-corrected chi connectivity index (χ0v) is 32.1. The largest absolute Gasteiger partial charge is 2.00 e. The van der Waals surface area contributed by atoms with Gasteiger partial charge in [-0.2, -0.15) is 0 Å². The molecule has 4 aromatic rings. The molecule has 0 saturated heterocycles. The van der Waals surface area contributed by atoms with Crippen LogP contribution in [0.1, 0.15) is 102 Å². The summed E-state index contributed by atoms with van der Waals surface area (Å²) in [6.45, 7) is 15.0. The number of aromatic hydroxyl groups is 2. The van der Waals surface area contributed by atoms with E-state index < -0.39 is 11.9 Å². The van der Waals surface area contributed by atoms with Gasteiger partial charge in [0.2, 0.25) is 0 Å². The van der Waals surface area contributed by atoms with Gasteiger partial charge >= 0.3 is 16.8 Å². The van der Waals surface area contributed by atoms with Crippen LogP contribution >= 0.6 is 0 Å². The number of phenols is 2. The minimum Gasteiger partial charge on any atom is -0.550 e. The molecule has 0 bridgehead atoms. The minimum absolute atomic E-state index is 0. The molecule has 0 fully saturated rings. The third-order valence-corrected chi connectivity index (χ3v) is 7.88. The first kappa shape index (κ1) is 44.5. The van der Waals surface area contributed by atoms with E-state index in [1.807, 2.05) is 24.3 Å². The van der Waals surface area contributed by atoms with E-state index >= 15 is 0 Å². The minimum atomic E-state index is -1.08. The van der Waals surface area contributed by atoms with E-state index in [2.05, 4.69) is 77.9 Å². The van der Waals surface area contributed by atoms with Crippen LogP contribution in [0.3, 0.4) is 0 Å². The summed E-state index contributed by atoms with van der Waals surface area (Å²) in [5.74, 6) is -0.331. The molecule has 4 aromatic carbocycles. The number of benzene rings is 4. The standard InChI is InChI=1S/C38H46N2O2.2C2H4O2.Co/c1-7-29-19-27(17-15-25(3)4)21-32(37(29)41)23-39-34-13-9-11-31-12-10-14-35(36(31)34)40-24-33-22-28(18-16-26(5)6)20-30(8-2)38(33)42;2*1-2(3)4;/h9-14,19-26,41-42H,7-8,15-18H2,1-6H3;2*1H3,(H,3,4);/q;;;+2/p-2. The van der Waals surface area contributed by atoms with Gasteiger partial charge < -0.3 is 30.0 Å². The van der Waals surface area contributed by atoms with Crippen molar-refractivity contribution in [3.8, 4) is 11.5 Å². The van der Waals surface area contributed by atoms with Crippen molar-refractivity contribution in [2.45, 2.75) is 93.9 Å². The molecular weight excluding hydrogens is 687 g/mol. The number of carboxylic acids is 2. The number of phenolic OH excluding ortho intramolecular Hbond substituents is 2. The third kappa shape index (κ3) is 15.1. The Morgan fingerprint density at radius 1 is 0.686 bits per heavy atom. The number of aryl methyl sites for hydroxylation is 4. The number of carbonyl (C=O) groups is 2. The number of rotatable bonds is 12. The first-order chi connectivity index (χ1) is 23.7. The number of fused-ring (bicyclic) bond motifs is 1. The summed E-state index contributed by atoms with van der Waals surface area (Å²) in [4.78, 5) is 27.5. The van der Waals surface area contributed by atoms with Gasteiger partial charge in [-0.05, 0) is 116 Å². The molecule has 0 aliphatic carbocycles. The van der Waals surface area contributed by atoms with Gasteiger partial charge in [-0.15, -0.1) is 0 Å². The first-order valence-electron chi connectivity index (χ1n) is 17.3. The van der Waals surface area contributed by atoms with Crippen LogP contribution in [0.2, 0.25) is 0 Å². The maximum atomic E-state index is 11.0. The van der Waals surface area contributed by atoms with Crippen molar-refractivity contribution in [1.82, 2.24) is 0 Å². The fourth-order valence-electron chi connectivity index (χ4n) is 5.30. The quantitative estimate of drug-likeness (QED) is 0.144. The molecule has 0 aliphatic rings. The Balaban J connectivity index is 0.00000131. The van der Waals surface area contributed by atoms with Gasteiger partial charge in [0.05, 0.1) is 11.4 Å². The average Bonchev–Trinajstić information content (AvgIpc) is 3.05. The zero-order valence-electron chi connectivity index (χ0n) is 31.1. The van der Waals surface area contributed by atoms with Crippen molar-refractivity contribution >= 4 is 46.5 Å². The topological polar surface area (TPSA) is 145 Å². The van der Waals surface area contributed by atoms with Crippen LogP contribution in [0.25, 0.3) is 10.8 Å². The molecule has 0 spiro atoms. The Morgan fingerprint density at radius 3 is 1.35 bits per heavy atom. The molecular formula is C42H52CoN2O6. The number of hydrogen-bond donors (Lipinski definition) is 2. The van der Waals surface area contributed by atoms with Crippen molar-refractivity contribution in [2.24, 2.45) is 21.8 Å². The maximum absolute atomic E-state index is 11.0. The van der Waals surface area contributed by atoms with E-state index in [0.717, 1.165) is 96.8 Å². The van der Waals surface area contributed by atoms with Crippen LogP contribution in [-0.2, 0) is 52.1 Å². The molecule has 0 heterocycles. The van der Waals surface area contributed by atoms with E-state index in [1.54, 1.807) is 12.4 Å². The van der Waals surface area contributed by atoms with Crippen LogP contribution in [0.4, 0.5) is 11.4 Å². The Bertz CT molecular complexity index is 1660. The SMILES string of the molecule is CC(=O)[O-].CC(=O)[O-].CCc1cc(CCC(C)C)cc(C=Nc2cccc3cccc(N=Cc4cc(CCC(C)C)cc(CC)c4O)c23)c1O.[Co+2]. The van der Waals surface area contributed by atoms with Crippen molar-refractivity contribution in [1.29, 1.82) is 0 Å². The second-order valence-corrected chi connectivity index (χ2v) is 13.1. The van der Waals surface area contributed by atoms with Crippen LogP contribution in [0.15, 0.2) is 70.6 Å². The van der Waals surface area contributed by atoms with Crippen LogP contribution in [-0.4, -0.2) is 34.6 Å². The molecule has 0 aliphatic heterocycles. The fraction of sp³-hybridized carbons (Fsp3) is 0.381. The van der Waals surface area contributed by atoms with Gasteiger partial charge in [0, 0.05) is 40.9 Å². The van der Waals surface area contributed by atoms with E-state index in [-0.39, 0.29) is 16.8 Å². The number of hydrogen-bond acceptors (Lipinski definition) is 8. The number of aliphatic carboxylic acids is 2. The van der Waals surface area contributed by atoms with Crippen molar-refractivity contribution in [3.63, 3.8) is 0 Å². The molecule has 0 amide bonds. The normalized spacial score (nSPS) is 10.9. The number of nitrogens with zero attached hydrogens (tertiary/aromatic N) is 2. The molecule has 8 nitrogen and oxygen atoms in total. The Morgan fingerprint density at radius 2 is 1.04 bits per heavy atom. The zero-order chi connectivity index (χ0) is 37.4. The first-order valence-corrected chi connectivity index (χ1v) is 17.3. The van der Waals surface area contributed by atoms with E-state index in [0.29, 0.717) is 23.3 Å². The summed E-state index contributed by atoms with van der Waals surface area (Å²) in [5.41, 5.74) is 7.40. The summed E-state index contributed by atoms with van der Waals surface area (Å²) < 4.78 is 0. The summed E-state index contributed by atoms with van der Waals surface area (Å²) in [5, 5.41) is 41.7. The van der Waals surface area contributed by atoms with Gasteiger partial charge in [-0.1, -0.05) is 77.9 Å². The molecule has 0 unspecified atom stereocenters. The average molecular weight is 740 g/mol. The van der Waals surface area contributed by atoms with Crippen molar-refractivity contribution < 1.29 is 46.8 Å². The van der Waals surface area contributed by atoms with E-state index in [9.17, 15) is 10.2 Å².